The van der Waals surface area contributed by atoms with Gasteiger partial charge in [-0.3, -0.25) is 0 Å². The normalized spacial score (nSPS) is 11.6. The van der Waals surface area contributed by atoms with Crippen LogP contribution in [0.1, 0.15) is 0 Å². The summed E-state index contributed by atoms with van der Waals surface area (Å²) in [5, 5.41) is 2.92. The van der Waals surface area contributed by atoms with Gasteiger partial charge in [-0.1, -0.05) is 109 Å². The predicted molar refractivity (Wildman–Crippen MR) is 198 cm³/mol. The molecule has 10 rings (SSSR count). The number of hydrogen-bond acceptors (Lipinski definition) is 5. The maximum absolute atomic E-state index is 6.77. The van der Waals surface area contributed by atoms with Crippen LogP contribution in [-0.2, 0) is 0 Å². The van der Waals surface area contributed by atoms with E-state index in [1.807, 2.05) is 109 Å². The highest BCUT2D eigenvalue weighted by Crippen LogP contribution is 2.43. The number of hydrogen-bond donors (Lipinski definition) is 0. The molecule has 0 saturated carbocycles. The van der Waals surface area contributed by atoms with Crippen LogP contribution in [0.4, 0.5) is 0 Å². The van der Waals surface area contributed by atoms with Crippen molar-refractivity contribution in [3.05, 3.63) is 158 Å². The lowest BCUT2D eigenvalue weighted by atomic mass is 9.99. The third-order valence-corrected chi connectivity index (χ3v) is 9.20. The summed E-state index contributed by atoms with van der Waals surface area (Å²) in [7, 11) is 0. The monoisotopic (exact) mass is 643 g/mol. The third kappa shape index (κ3) is 4.58. The number of nitrogens with zero attached hydrogens (tertiary/aromatic N) is 3. The Bertz CT molecular complexity index is 2800. The van der Waals surface area contributed by atoms with Crippen molar-refractivity contribution in [3.63, 3.8) is 0 Å². The predicted octanol–water partition coefficient (Wildman–Crippen LogP) is 10.8. The highest BCUT2D eigenvalue weighted by molar-refractivity contribution is 6.16. The fraction of sp³-hybridized carbons (Fsp3) is 0. The van der Waals surface area contributed by atoms with Gasteiger partial charge in [0.05, 0.1) is 5.56 Å². The summed E-state index contributed by atoms with van der Waals surface area (Å²) >= 11 is 0. The van der Waals surface area contributed by atoms with Gasteiger partial charge in [0.2, 0.25) is 0 Å². The minimum atomic E-state index is 0.626. The van der Waals surface area contributed by atoms with Gasteiger partial charge < -0.3 is 8.83 Å². The number of nitrogens with one attached hydrogen (secondary N) is 1. The van der Waals surface area contributed by atoms with E-state index in [2.05, 4.69) is 53.5 Å². The van der Waals surface area contributed by atoms with Crippen molar-refractivity contribution < 1.29 is 13.8 Å². The second kappa shape index (κ2) is 11.4. The Hall–Kier alpha value is -6.92. The van der Waals surface area contributed by atoms with E-state index >= 15 is 0 Å². The molecule has 50 heavy (non-hydrogen) atoms. The lowest BCUT2D eigenvalue weighted by Gasteiger charge is -2.07. The Morgan fingerprint density at radius 3 is 1.88 bits per heavy atom. The van der Waals surface area contributed by atoms with E-state index in [-0.39, 0.29) is 0 Å². The lowest BCUT2D eigenvalue weighted by molar-refractivity contribution is -0.355. The van der Waals surface area contributed by atoms with Crippen LogP contribution in [0.15, 0.2) is 167 Å². The van der Waals surface area contributed by atoms with Gasteiger partial charge in [0.15, 0.2) is 17.1 Å². The molecule has 10 aromatic rings. The van der Waals surface area contributed by atoms with E-state index in [4.69, 9.17) is 23.8 Å². The average molecular weight is 644 g/mol. The van der Waals surface area contributed by atoms with Crippen molar-refractivity contribution in [2.45, 2.75) is 0 Å². The van der Waals surface area contributed by atoms with E-state index in [0.29, 0.717) is 17.1 Å². The second-order valence-corrected chi connectivity index (χ2v) is 12.3. The van der Waals surface area contributed by atoms with Crippen LogP contribution < -0.4 is 4.98 Å². The van der Waals surface area contributed by atoms with Crippen LogP contribution in [0, 0.1) is 0 Å². The summed E-state index contributed by atoms with van der Waals surface area (Å²) in [6, 6.07) is 53.1. The Morgan fingerprint density at radius 1 is 0.460 bits per heavy atom. The number of fused-ring (bicyclic) bond motifs is 6. The van der Waals surface area contributed by atoms with Crippen LogP contribution in [-0.4, -0.2) is 15.0 Å². The summed E-state index contributed by atoms with van der Waals surface area (Å²) in [5.41, 5.74) is 11.0. The number of aromatic nitrogens is 4. The molecule has 0 fully saturated rings. The smallest absolute Gasteiger partial charge is 0.329 e. The minimum absolute atomic E-state index is 0.626. The Kier molecular flexibility index (Phi) is 6.39. The quantitative estimate of drug-likeness (QED) is 0.186. The first-order valence-electron chi connectivity index (χ1n) is 16.5. The molecule has 0 unspecified atom stereocenters. The highest BCUT2D eigenvalue weighted by atomic mass is 16.3. The average Bonchev–Trinajstić information content (AvgIpc) is 3.77. The van der Waals surface area contributed by atoms with Crippen molar-refractivity contribution in [1.82, 2.24) is 15.0 Å². The number of benzene rings is 6. The number of furan rings is 2. The molecule has 0 aliphatic heterocycles. The number of H-pyrrole nitrogens is 1. The van der Waals surface area contributed by atoms with Crippen molar-refractivity contribution in [1.29, 1.82) is 0 Å². The van der Waals surface area contributed by atoms with Crippen molar-refractivity contribution in [2.24, 2.45) is 0 Å². The molecule has 0 aliphatic carbocycles. The van der Waals surface area contributed by atoms with Crippen molar-refractivity contribution in [3.8, 4) is 56.5 Å². The first-order valence-corrected chi connectivity index (χ1v) is 16.5. The van der Waals surface area contributed by atoms with E-state index in [1.54, 1.807) is 0 Å². The zero-order valence-corrected chi connectivity index (χ0v) is 26.7. The minimum Gasteiger partial charge on any atom is -0.455 e. The Labute approximate surface area is 286 Å². The fourth-order valence-corrected chi connectivity index (χ4v) is 6.86. The van der Waals surface area contributed by atoms with Gasteiger partial charge in [0.1, 0.15) is 33.7 Å². The van der Waals surface area contributed by atoms with Crippen LogP contribution in [0.25, 0.3) is 101 Å². The second-order valence-electron chi connectivity index (χ2n) is 12.3. The molecule has 0 amide bonds. The first kappa shape index (κ1) is 28.1. The third-order valence-electron chi connectivity index (χ3n) is 9.20. The molecule has 6 heteroatoms. The SMILES string of the molecule is c1ccc(-c2cc(-c3cccc4oc5c(-c6nc(-c7ccccc7)nc7c6oc6ccccc67)cccc5c34)[nH+]c(-c3ccccc3)n2)cc1. The van der Waals surface area contributed by atoms with Crippen LogP contribution in [0.2, 0.25) is 0 Å². The molecule has 0 spiro atoms. The molecule has 6 nitrogen and oxygen atoms in total. The molecule has 0 radical (unpaired) electrons. The first-order chi connectivity index (χ1) is 24.8. The molecular formula is C44H27N4O2+. The standard InChI is InChI=1S/C44H26N4O2/c1-4-14-27(15-5-1)34-26-35(46-43(45-34)28-16-6-2-7-17-28)30-21-13-25-37-38(30)32-22-12-23-33(41(32)50-37)40-42-39(31-20-10-11-24-36(31)49-42)47-44(48-40)29-18-8-3-9-19-29/h1-26H/p+1. The number of rotatable bonds is 5. The molecule has 0 saturated heterocycles. The molecular weight excluding hydrogens is 617 g/mol. The van der Waals surface area contributed by atoms with E-state index in [9.17, 15) is 0 Å². The summed E-state index contributed by atoms with van der Waals surface area (Å²) in [6.45, 7) is 0. The van der Waals surface area contributed by atoms with Gasteiger partial charge in [-0.15, -0.1) is 0 Å². The summed E-state index contributed by atoms with van der Waals surface area (Å²) in [5.74, 6) is 1.41. The van der Waals surface area contributed by atoms with E-state index < -0.39 is 0 Å². The van der Waals surface area contributed by atoms with Gasteiger partial charge in [-0.2, -0.15) is 0 Å². The van der Waals surface area contributed by atoms with Gasteiger partial charge in [-0.05, 0) is 47.4 Å². The topological polar surface area (TPSA) is 79.1 Å². The summed E-state index contributed by atoms with van der Waals surface area (Å²) in [6.07, 6.45) is 0. The Morgan fingerprint density at radius 2 is 1.08 bits per heavy atom. The van der Waals surface area contributed by atoms with Crippen LogP contribution in [0.5, 0.6) is 0 Å². The largest absolute Gasteiger partial charge is 0.455 e. The lowest BCUT2D eigenvalue weighted by Crippen LogP contribution is -2.14. The van der Waals surface area contributed by atoms with E-state index in [1.165, 1.54) is 0 Å². The van der Waals surface area contributed by atoms with Gasteiger partial charge in [0.25, 0.3) is 0 Å². The maximum Gasteiger partial charge on any atom is 0.329 e. The van der Waals surface area contributed by atoms with Crippen LogP contribution >= 0.6 is 0 Å². The fourth-order valence-electron chi connectivity index (χ4n) is 6.86. The summed E-state index contributed by atoms with van der Waals surface area (Å²) in [4.78, 5) is 18.9. The number of para-hydroxylation sites is 2. The molecule has 4 heterocycles. The summed E-state index contributed by atoms with van der Waals surface area (Å²) < 4.78 is 13.2. The van der Waals surface area contributed by atoms with Crippen LogP contribution in [0.3, 0.4) is 0 Å². The van der Waals surface area contributed by atoms with Gasteiger partial charge in [0, 0.05) is 44.5 Å². The molecule has 6 aromatic carbocycles. The molecule has 1 N–H and O–H groups in total. The number of aromatic amines is 1. The molecule has 0 atom stereocenters. The van der Waals surface area contributed by atoms with Gasteiger partial charge >= 0.3 is 5.82 Å². The maximum atomic E-state index is 6.77. The highest BCUT2D eigenvalue weighted by Gasteiger charge is 2.24. The zero-order chi connectivity index (χ0) is 33.0. The Balaban J connectivity index is 1.23. The molecule has 234 valence electrons. The van der Waals surface area contributed by atoms with Gasteiger partial charge in [-0.25, -0.2) is 15.0 Å². The molecule has 0 bridgehead atoms. The van der Waals surface area contributed by atoms with Crippen molar-refractivity contribution >= 4 is 44.0 Å². The zero-order valence-electron chi connectivity index (χ0n) is 26.7. The molecule has 0 aliphatic rings. The van der Waals surface area contributed by atoms with Crippen molar-refractivity contribution in [2.75, 3.05) is 0 Å². The van der Waals surface area contributed by atoms with E-state index in [0.717, 1.165) is 83.5 Å². The molecule has 4 aromatic heterocycles.